The van der Waals surface area contributed by atoms with Gasteiger partial charge in [0.15, 0.2) is 0 Å². The standard InChI is InChI=1S/C12H24N2O3/c1-5-8(4)10(12(16)17)14-11(15)9(13)6-7(2)3/h7-10H,5-6,13H2,1-4H3,(H,14,15)(H,16,17)/t8-,9-,10-/m1/s1. The minimum Gasteiger partial charge on any atom is -0.480 e. The molecule has 0 saturated carbocycles. The number of aliphatic carboxylic acids is 1. The van der Waals surface area contributed by atoms with Gasteiger partial charge in [0.05, 0.1) is 6.04 Å². The van der Waals surface area contributed by atoms with Crippen LogP contribution < -0.4 is 11.1 Å². The van der Waals surface area contributed by atoms with Gasteiger partial charge < -0.3 is 16.2 Å². The molecule has 0 fully saturated rings. The molecule has 5 nitrogen and oxygen atoms in total. The third-order valence-electron chi connectivity index (χ3n) is 2.84. The van der Waals surface area contributed by atoms with E-state index in [9.17, 15) is 9.59 Å². The fraction of sp³-hybridized carbons (Fsp3) is 0.833. The summed E-state index contributed by atoms with van der Waals surface area (Å²) in [6.45, 7) is 7.63. The summed E-state index contributed by atoms with van der Waals surface area (Å²) in [5.41, 5.74) is 5.70. The second kappa shape index (κ2) is 7.27. The Morgan fingerprint density at radius 1 is 1.29 bits per heavy atom. The maximum atomic E-state index is 11.7. The first-order chi connectivity index (χ1) is 7.79. The van der Waals surface area contributed by atoms with Crippen LogP contribution >= 0.6 is 0 Å². The lowest BCUT2D eigenvalue weighted by molar-refractivity contribution is -0.143. The van der Waals surface area contributed by atoms with Crippen molar-refractivity contribution >= 4 is 11.9 Å². The zero-order valence-corrected chi connectivity index (χ0v) is 11.1. The molecule has 1 amide bonds. The van der Waals surface area contributed by atoms with E-state index in [1.165, 1.54) is 0 Å². The van der Waals surface area contributed by atoms with Crippen LogP contribution in [0.25, 0.3) is 0 Å². The number of rotatable bonds is 7. The topological polar surface area (TPSA) is 92.4 Å². The Balaban J connectivity index is 4.45. The van der Waals surface area contributed by atoms with Gasteiger partial charge >= 0.3 is 5.97 Å². The van der Waals surface area contributed by atoms with Gasteiger partial charge in [-0.25, -0.2) is 4.79 Å². The van der Waals surface area contributed by atoms with Gasteiger partial charge in [0.1, 0.15) is 6.04 Å². The number of hydrogen-bond donors (Lipinski definition) is 3. The number of hydrogen-bond acceptors (Lipinski definition) is 3. The van der Waals surface area contributed by atoms with Crippen molar-refractivity contribution in [2.45, 2.75) is 52.6 Å². The Labute approximate surface area is 103 Å². The fourth-order valence-electron chi connectivity index (χ4n) is 1.56. The van der Waals surface area contributed by atoms with Crippen molar-refractivity contribution in [1.82, 2.24) is 5.32 Å². The summed E-state index contributed by atoms with van der Waals surface area (Å²) in [6, 6.07) is -1.49. The van der Waals surface area contributed by atoms with Crippen LogP contribution in [0.15, 0.2) is 0 Å². The van der Waals surface area contributed by atoms with E-state index >= 15 is 0 Å². The van der Waals surface area contributed by atoms with Gasteiger partial charge in [-0.2, -0.15) is 0 Å². The lowest BCUT2D eigenvalue weighted by atomic mass is 9.98. The van der Waals surface area contributed by atoms with Crippen molar-refractivity contribution in [3.05, 3.63) is 0 Å². The second-order valence-electron chi connectivity index (χ2n) is 4.95. The molecular formula is C12H24N2O3. The van der Waals surface area contributed by atoms with Gasteiger partial charge in [-0.05, 0) is 18.3 Å². The van der Waals surface area contributed by atoms with Crippen LogP contribution in [-0.4, -0.2) is 29.1 Å². The number of carbonyl (C=O) groups is 2. The molecular weight excluding hydrogens is 220 g/mol. The lowest BCUT2D eigenvalue weighted by Crippen LogP contribution is -2.51. The van der Waals surface area contributed by atoms with Crippen molar-refractivity contribution in [2.24, 2.45) is 17.6 Å². The molecule has 0 saturated heterocycles. The average Bonchev–Trinajstić information content (AvgIpc) is 2.22. The molecule has 0 aromatic rings. The largest absolute Gasteiger partial charge is 0.480 e. The smallest absolute Gasteiger partial charge is 0.326 e. The van der Waals surface area contributed by atoms with E-state index in [4.69, 9.17) is 10.8 Å². The van der Waals surface area contributed by atoms with Gasteiger partial charge in [0.2, 0.25) is 5.91 Å². The molecule has 0 aliphatic heterocycles. The van der Waals surface area contributed by atoms with Crippen LogP contribution in [0.5, 0.6) is 0 Å². The van der Waals surface area contributed by atoms with Gasteiger partial charge in [-0.15, -0.1) is 0 Å². The fourth-order valence-corrected chi connectivity index (χ4v) is 1.56. The van der Waals surface area contributed by atoms with Crippen LogP contribution in [0.4, 0.5) is 0 Å². The van der Waals surface area contributed by atoms with E-state index in [-0.39, 0.29) is 11.8 Å². The quantitative estimate of drug-likeness (QED) is 0.622. The molecule has 0 aromatic heterocycles. The maximum Gasteiger partial charge on any atom is 0.326 e. The van der Waals surface area contributed by atoms with Crippen molar-refractivity contribution in [3.8, 4) is 0 Å². The van der Waals surface area contributed by atoms with Crippen LogP contribution in [-0.2, 0) is 9.59 Å². The molecule has 0 rings (SSSR count). The molecule has 4 N–H and O–H groups in total. The Morgan fingerprint density at radius 3 is 2.18 bits per heavy atom. The lowest BCUT2D eigenvalue weighted by Gasteiger charge is -2.22. The molecule has 0 aromatic carbocycles. The number of nitrogens with two attached hydrogens (primary N) is 1. The van der Waals surface area contributed by atoms with Gasteiger partial charge in [0.25, 0.3) is 0 Å². The van der Waals surface area contributed by atoms with E-state index in [0.29, 0.717) is 18.8 Å². The van der Waals surface area contributed by atoms with Gasteiger partial charge in [-0.1, -0.05) is 34.1 Å². The van der Waals surface area contributed by atoms with Crippen LogP contribution in [0.3, 0.4) is 0 Å². The SMILES string of the molecule is CC[C@@H](C)[C@@H](NC(=O)[C@H](N)CC(C)C)C(=O)O. The van der Waals surface area contributed by atoms with Crippen molar-refractivity contribution in [1.29, 1.82) is 0 Å². The highest BCUT2D eigenvalue weighted by atomic mass is 16.4. The number of amides is 1. The molecule has 0 bridgehead atoms. The molecule has 0 spiro atoms. The summed E-state index contributed by atoms with van der Waals surface area (Å²) in [5.74, 6) is -1.19. The molecule has 0 radical (unpaired) electrons. The highest BCUT2D eigenvalue weighted by molar-refractivity contribution is 5.86. The number of nitrogens with one attached hydrogen (secondary N) is 1. The number of carboxylic acids is 1. The molecule has 0 aliphatic carbocycles. The summed E-state index contributed by atoms with van der Waals surface area (Å²) in [6.07, 6.45) is 1.25. The predicted octanol–water partition coefficient (Wildman–Crippen LogP) is 0.975. The normalized spacial score (nSPS) is 16.4. The van der Waals surface area contributed by atoms with Crippen LogP contribution in [0.1, 0.15) is 40.5 Å². The molecule has 17 heavy (non-hydrogen) atoms. The second-order valence-corrected chi connectivity index (χ2v) is 4.95. The molecule has 0 aliphatic rings. The summed E-state index contributed by atoms with van der Waals surface area (Å²) >= 11 is 0. The highest BCUT2D eigenvalue weighted by Gasteiger charge is 2.27. The Hall–Kier alpha value is -1.10. The van der Waals surface area contributed by atoms with Gasteiger partial charge in [0, 0.05) is 0 Å². The summed E-state index contributed by atoms with van der Waals surface area (Å²) < 4.78 is 0. The van der Waals surface area contributed by atoms with E-state index in [1.54, 1.807) is 6.92 Å². The number of carbonyl (C=O) groups excluding carboxylic acids is 1. The average molecular weight is 244 g/mol. The Morgan fingerprint density at radius 2 is 1.82 bits per heavy atom. The van der Waals surface area contributed by atoms with E-state index < -0.39 is 18.1 Å². The molecule has 3 atom stereocenters. The minimum atomic E-state index is -1.01. The van der Waals surface area contributed by atoms with Crippen molar-refractivity contribution < 1.29 is 14.7 Å². The third kappa shape index (κ3) is 5.68. The first-order valence-electron chi connectivity index (χ1n) is 6.08. The molecule has 0 unspecified atom stereocenters. The predicted molar refractivity (Wildman–Crippen MR) is 66.5 cm³/mol. The first kappa shape index (κ1) is 15.9. The monoisotopic (exact) mass is 244 g/mol. The Bertz CT molecular complexity index is 266. The Kier molecular flexibility index (Phi) is 6.80. The summed E-state index contributed by atoms with van der Waals surface area (Å²) in [4.78, 5) is 22.7. The molecule has 100 valence electrons. The summed E-state index contributed by atoms with van der Waals surface area (Å²) in [5, 5.41) is 11.5. The minimum absolute atomic E-state index is 0.109. The van der Waals surface area contributed by atoms with Crippen LogP contribution in [0.2, 0.25) is 0 Å². The van der Waals surface area contributed by atoms with E-state index in [1.807, 2.05) is 20.8 Å². The van der Waals surface area contributed by atoms with Crippen molar-refractivity contribution in [2.75, 3.05) is 0 Å². The summed E-state index contributed by atoms with van der Waals surface area (Å²) in [7, 11) is 0. The highest BCUT2D eigenvalue weighted by Crippen LogP contribution is 2.09. The maximum absolute atomic E-state index is 11.7. The number of carboxylic acid groups (broad SMARTS) is 1. The van der Waals surface area contributed by atoms with Crippen molar-refractivity contribution in [3.63, 3.8) is 0 Å². The third-order valence-corrected chi connectivity index (χ3v) is 2.84. The first-order valence-corrected chi connectivity index (χ1v) is 6.08. The van der Waals surface area contributed by atoms with Gasteiger partial charge in [-0.3, -0.25) is 4.79 Å². The molecule has 5 heteroatoms. The molecule has 0 heterocycles. The van der Waals surface area contributed by atoms with Crippen LogP contribution in [0, 0.1) is 11.8 Å². The van der Waals surface area contributed by atoms with E-state index in [2.05, 4.69) is 5.32 Å². The zero-order valence-electron chi connectivity index (χ0n) is 11.1. The van der Waals surface area contributed by atoms with E-state index in [0.717, 1.165) is 0 Å². The zero-order chi connectivity index (χ0) is 13.6.